The molecule has 2 aromatic rings. The van der Waals surface area contributed by atoms with Crippen LogP contribution < -0.4 is 0 Å². The molecule has 4 nitrogen and oxygen atoms in total. The Morgan fingerprint density at radius 1 is 1.20 bits per heavy atom. The van der Waals surface area contributed by atoms with Crippen molar-refractivity contribution >= 4 is 16.7 Å². The third-order valence-corrected chi connectivity index (χ3v) is 5.07. The average Bonchev–Trinajstić information content (AvgIpc) is 2.67. The first-order valence-electron chi connectivity index (χ1n) is 9.09. The molecule has 134 valence electrons. The van der Waals surface area contributed by atoms with Crippen LogP contribution in [0.15, 0.2) is 42.5 Å². The number of hydrogen-bond acceptors (Lipinski definition) is 3. The van der Waals surface area contributed by atoms with Crippen molar-refractivity contribution in [3.63, 3.8) is 0 Å². The summed E-state index contributed by atoms with van der Waals surface area (Å²) in [6, 6.07) is 14.7. The van der Waals surface area contributed by atoms with Gasteiger partial charge in [0, 0.05) is 20.3 Å². The van der Waals surface area contributed by atoms with Crippen LogP contribution >= 0.6 is 0 Å². The van der Waals surface area contributed by atoms with Crippen LogP contribution in [0.5, 0.6) is 0 Å². The Morgan fingerprint density at radius 2 is 1.92 bits per heavy atom. The molecule has 0 aromatic heterocycles. The standard InChI is InChI=1S/C21H27NO3/c1-16(18-8-7-17-5-3-4-6-19(17)15-18)22(2)21(23)11-14-25-20-9-12-24-13-10-20/h3-8,15-16,20H,9-14H2,1-2H3. The van der Waals surface area contributed by atoms with Crippen molar-refractivity contribution in [2.24, 2.45) is 0 Å². The van der Waals surface area contributed by atoms with E-state index in [2.05, 4.69) is 37.3 Å². The minimum atomic E-state index is 0.0418. The van der Waals surface area contributed by atoms with Gasteiger partial charge in [-0.3, -0.25) is 4.79 Å². The van der Waals surface area contributed by atoms with Crippen molar-refractivity contribution in [2.75, 3.05) is 26.9 Å². The molecule has 0 radical (unpaired) electrons. The SMILES string of the molecule is CC(c1ccc2ccccc2c1)N(C)C(=O)CCOC1CCOCC1. The molecule has 0 aliphatic carbocycles. The van der Waals surface area contributed by atoms with Crippen molar-refractivity contribution in [1.82, 2.24) is 4.90 Å². The van der Waals surface area contributed by atoms with Crippen LogP contribution in [-0.4, -0.2) is 43.8 Å². The van der Waals surface area contributed by atoms with Gasteiger partial charge in [0.05, 0.1) is 25.2 Å². The van der Waals surface area contributed by atoms with E-state index in [9.17, 15) is 4.79 Å². The van der Waals surface area contributed by atoms with Crippen LogP contribution in [-0.2, 0) is 14.3 Å². The Balaban J connectivity index is 1.54. The summed E-state index contributed by atoms with van der Waals surface area (Å²) in [6.07, 6.45) is 2.52. The molecule has 1 heterocycles. The van der Waals surface area contributed by atoms with Crippen molar-refractivity contribution in [2.45, 2.75) is 38.3 Å². The van der Waals surface area contributed by atoms with Crippen LogP contribution in [0.3, 0.4) is 0 Å². The minimum absolute atomic E-state index is 0.0418. The summed E-state index contributed by atoms with van der Waals surface area (Å²) < 4.78 is 11.1. The molecule has 3 rings (SSSR count). The number of fused-ring (bicyclic) bond motifs is 1. The minimum Gasteiger partial charge on any atom is -0.381 e. The molecule has 1 aliphatic heterocycles. The molecule has 2 aromatic carbocycles. The lowest BCUT2D eigenvalue weighted by Gasteiger charge is -2.27. The molecule has 1 fully saturated rings. The highest BCUT2D eigenvalue weighted by molar-refractivity contribution is 5.83. The highest BCUT2D eigenvalue weighted by atomic mass is 16.5. The zero-order valence-electron chi connectivity index (χ0n) is 15.1. The molecule has 0 N–H and O–H groups in total. The van der Waals surface area contributed by atoms with Gasteiger partial charge in [-0.05, 0) is 42.2 Å². The fourth-order valence-electron chi connectivity index (χ4n) is 3.24. The second kappa shape index (κ2) is 8.45. The second-order valence-electron chi connectivity index (χ2n) is 6.72. The summed E-state index contributed by atoms with van der Waals surface area (Å²) in [5, 5.41) is 2.42. The van der Waals surface area contributed by atoms with Crippen molar-refractivity contribution in [3.05, 3.63) is 48.0 Å². The molecule has 1 unspecified atom stereocenters. The first kappa shape index (κ1) is 17.9. The van der Waals surface area contributed by atoms with Crippen LogP contribution in [0.25, 0.3) is 10.8 Å². The van der Waals surface area contributed by atoms with Crippen molar-refractivity contribution < 1.29 is 14.3 Å². The van der Waals surface area contributed by atoms with E-state index in [0.29, 0.717) is 13.0 Å². The molecule has 1 saturated heterocycles. The van der Waals surface area contributed by atoms with E-state index < -0.39 is 0 Å². The summed E-state index contributed by atoms with van der Waals surface area (Å²) in [7, 11) is 1.87. The molecule has 1 atom stereocenters. The lowest BCUT2D eigenvalue weighted by Crippen LogP contribution is -2.31. The van der Waals surface area contributed by atoms with E-state index >= 15 is 0 Å². The van der Waals surface area contributed by atoms with Gasteiger partial charge in [-0.25, -0.2) is 0 Å². The zero-order valence-corrected chi connectivity index (χ0v) is 15.1. The van der Waals surface area contributed by atoms with Gasteiger partial charge >= 0.3 is 0 Å². The topological polar surface area (TPSA) is 38.8 Å². The monoisotopic (exact) mass is 341 g/mol. The lowest BCUT2D eigenvalue weighted by molar-refractivity contribution is -0.133. The third kappa shape index (κ3) is 4.59. The maximum Gasteiger partial charge on any atom is 0.225 e. The first-order valence-corrected chi connectivity index (χ1v) is 9.09. The Labute approximate surface area is 149 Å². The summed E-state index contributed by atoms with van der Waals surface area (Å²) in [5.74, 6) is 0.118. The van der Waals surface area contributed by atoms with Gasteiger partial charge in [0.1, 0.15) is 0 Å². The molecule has 0 spiro atoms. The van der Waals surface area contributed by atoms with Gasteiger partial charge < -0.3 is 14.4 Å². The zero-order chi connectivity index (χ0) is 17.6. The van der Waals surface area contributed by atoms with E-state index in [1.54, 1.807) is 0 Å². The fourth-order valence-corrected chi connectivity index (χ4v) is 3.24. The van der Waals surface area contributed by atoms with Gasteiger partial charge in [-0.2, -0.15) is 0 Å². The molecule has 25 heavy (non-hydrogen) atoms. The fraction of sp³-hybridized carbons (Fsp3) is 0.476. The third-order valence-electron chi connectivity index (χ3n) is 5.07. The first-order chi connectivity index (χ1) is 12.1. The van der Waals surface area contributed by atoms with Crippen molar-refractivity contribution in [3.8, 4) is 0 Å². The Morgan fingerprint density at radius 3 is 2.68 bits per heavy atom. The molecule has 1 amide bonds. The number of amides is 1. The number of nitrogens with zero attached hydrogens (tertiary/aromatic N) is 1. The van der Waals surface area contributed by atoms with Gasteiger partial charge in [-0.1, -0.05) is 36.4 Å². The van der Waals surface area contributed by atoms with E-state index in [0.717, 1.165) is 31.6 Å². The molecule has 4 heteroatoms. The number of benzene rings is 2. The van der Waals surface area contributed by atoms with E-state index in [1.165, 1.54) is 10.8 Å². The van der Waals surface area contributed by atoms with Crippen LogP contribution in [0.4, 0.5) is 0 Å². The van der Waals surface area contributed by atoms with Crippen LogP contribution in [0.1, 0.15) is 37.8 Å². The Hall–Kier alpha value is -1.91. The van der Waals surface area contributed by atoms with Crippen molar-refractivity contribution in [1.29, 1.82) is 0 Å². The van der Waals surface area contributed by atoms with Crippen LogP contribution in [0.2, 0.25) is 0 Å². The van der Waals surface area contributed by atoms with Crippen LogP contribution in [0, 0.1) is 0 Å². The predicted octanol–water partition coefficient (Wildman–Crippen LogP) is 3.94. The summed E-state index contributed by atoms with van der Waals surface area (Å²) in [5.41, 5.74) is 1.15. The number of carbonyl (C=O) groups excluding carboxylic acids is 1. The molecule has 0 saturated carbocycles. The van der Waals surface area contributed by atoms with Gasteiger partial charge in [0.25, 0.3) is 0 Å². The molecule has 0 bridgehead atoms. The molecular weight excluding hydrogens is 314 g/mol. The normalized spacial score (nSPS) is 16.7. The van der Waals surface area contributed by atoms with E-state index in [-0.39, 0.29) is 18.1 Å². The maximum absolute atomic E-state index is 12.5. The quantitative estimate of drug-likeness (QED) is 0.799. The highest BCUT2D eigenvalue weighted by Crippen LogP contribution is 2.24. The predicted molar refractivity (Wildman–Crippen MR) is 99.5 cm³/mol. The summed E-state index contributed by atoms with van der Waals surface area (Å²) in [6.45, 7) is 4.08. The van der Waals surface area contributed by atoms with Gasteiger partial charge in [0.2, 0.25) is 5.91 Å². The number of carbonyl (C=O) groups is 1. The number of ether oxygens (including phenoxy) is 2. The average molecular weight is 341 g/mol. The number of hydrogen-bond donors (Lipinski definition) is 0. The molecular formula is C21H27NO3. The maximum atomic E-state index is 12.5. The Kier molecular flexibility index (Phi) is 6.05. The molecule has 1 aliphatic rings. The Bertz CT molecular complexity index is 709. The summed E-state index contributed by atoms with van der Waals surface area (Å²) >= 11 is 0. The number of rotatable bonds is 6. The summed E-state index contributed by atoms with van der Waals surface area (Å²) in [4.78, 5) is 14.3. The van der Waals surface area contributed by atoms with E-state index in [4.69, 9.17) is 9.47 Å². The second-order valence-corrected chi connectivity index (χ2v) is 6.72. The van der Waals surface area contributed by atoms with E-state index in [1.807, 2.05) is 24.1 Å². The highest BCUT2D eigenvalue weighted by Gasteiger charge is 2.19. The largest absolute Gasteiger partial charge is 0.381 e. The lowest BCUT2D eigenvalue weighted by atomic mass is 10.0. The van der Waals surface area contributed by atoms with Gasteiger partial charge in [-0.15, -0.1) is 0 Å². The smallest absolute Gasteiger partial charge is 0.225 e. The van der Waals surface area contributed by atoms with Gasteiger partial charge in [0.15, 0.2) is 0 Å².